The number of aromatic hydroxyl groups is 2. The van der Waals surface area contributed by atoms with E-state index in [1.54, 1.807) is 0 Å². The van der Waals surface area contributed by atoms with Gasteiger partial charge >= 0.3 is 0 Å². The van der Waals surface area contributed by atoms with Crippen LogP contribution in [0, 0.1) is 18.3 Å². The van der Waals surface area contributed by atoms with Gasteiger partial charge < -0.3 is 10.2 Å². The van der Waals surface area contributed by atoms with Crippen molar-refractivity contribution in [2.24, 2.45) is 0 Å². The van der Waals surface area contributed by atoms with Crippen LogP contribution >= 0.6 is 0 Å². The third kappa shape index (κ3) is 3.55. The first kappa shape index (κ1) is 21.0. The maximum Gasteiger partial charge on any atom is 0.273 e. The zero-order valence-electron chi connectivity index (χ0n) is 18.2. The molecule has 0 saturated carbocycles. The number of pyridine rings is 1. The van der Waals surface area contributed by atoms with E-state index < -0.39 is 5.56 Å². The molecule has 0 saturated heterocycles. The van der Waals surface area contributed by atoms with E-state index in [0.29, 0.717) is 28.0 Å². The molecule has 0 amide bonds. The van der Waals surface area contributed by atoms with Gasteiger partial charge in [-0.2, -0.15) is 10.2 Å². The molecule has 0 bridgehead atoms. The summed E-state index contributed by atoms with van der Waals surface area (Å²) in [4.78, 5) is 16.4. The second kappa shape index (κ2) is 8.23. The molecule has 0 radical (unpaired) electrons. The van der Waals surface area contributed by atoms with Crippen molar-refractivity contribution in [3.8, 4) is 51.1 Å². The summed E-state index contributed by atoms with van der Waals surface area (Å²) in [6, 6.07) is 27.0. The summed E-state index contributed by atoms with van der Waals surface area (Å²) >= 11 is 0. The lowest BCUT2D eigenvalue weighted by molar-refractivity contribution is 0.462. The summed E-state index contributed by atoms with van der Waals surface area (Å²) in [5.74, 6) is 0.131. The average molecular weight is 445 g/mol. The molecule has 6 nitrogen and oxygen atoms in total. The average Bonchev–Trinajstić information content (AvgIpc) is 2.85. The highest BCUT2D eigenvalue weighted by Crippen LogP contribution is 2.35. The summed E-state index contributed by atoms with van der Waals surface area (Å²) in [6.45, 7) is 1.81. The predicted octanol–water partition coefficient (Wildman–Crippen LogP) is 5.29. The standard InChI is InChI=1S/C28H19N3O3/c1-17-13-27(34)30-28-24(16-29)22(18-5-3-2-4-6-18)15-25(31(17)28)20-9-7-19(8-10-20)23-14-21(32)11-12-26(23)33/h2-15,32-33H,1H3. The fourth-order valence-corrected chi connectivity index (χ4v) is 4.21. The van der Waals surface area contributed by atoms with Crippen molar-refractivity contribution < 1.29 is 10.2 Å². The maximum atomic E-state index is 12.3. The minimum atomic E-state index is -0.403. The Morgan fingerprint density at radius 2 is 1.50 bits per heavy atom. The molecule has 0 aliphatic carbocycles. The van der Waals surface area contributed by atoms with Gasteiger partial charge in [-0.25, -0.2) is 0 Å². The zero-order chi connectivity index (χ0) is 23.8. The fraction of sp³-hybridized carbons (Fsp3) is 0.0357. The Balaban J connectivity index is 1.78. The molecule has 5 rings (SSSR count). The van der Waals surface area contributed by atoms with E-state index >= 15 is 0 Å². The first-order valence-electron chi connectivity index (χ1n) is 10.6. The van der Waals surface area contributed by atoms with Crippen LogP contribution in [0.3, 0.4) is 0 Å². The second-order valence-corrected chi connectivity index (χ2v) is 7.97. The molecular formula is C28H19N3O3. The van der Waals surface area contributed by atoms with E-state index in [4.69, 9.17) is 0 Å². The SMILES string of the molecule is Cc1cc(=O)nc2c(C#N)c(-c3ccccc3)cc(-c3ccc(-c4cc(O)ccc4O)cc3)n12. The number of phenols is 2. The highest BCUT2D eigenvalue weighted by molar-refractivity contribution is 5.83. The van der Waals surface area contributed by atoms with Crippen LogP contribution in [0.5, 0.6) is 11.5 Å². The van der Waals surface area contributed by atoms with Gasteiger partial charge in [0, 0.05) is 22.9 Å². The van der Waals surface area contributed by atoms with Crippen molar-refractivity contribution in [1.29, 1.82) is 5.26 Å². The minimum Gasteiger partial charge on any atom is -0.508 e. The van der Waals surface area contributed by atoms with Crippen LogP contribution < -0.4 is 5.56 Å². The largest absolute Gasteiger partial charge is 0.508 e. The van der Waals surface area contributed by atoms with Crippen LogP contribution in [0.15, 0.2) is 89.7 Å². The Bertz CT molecular complexity index is 1650. The molecule has 0 unspecified atom stereocenters. The Hall–Kier alpha value is -4.89. The molecule has 0 spiro atoms. The van der Waals surface area contributed by atoms with Crippen LogP contribution in [0.1, 0.15) is 11.3 Å². The number of phenolic OH excluding ortho intramolecular Hbond substituents is 2. The smallest absolute Gasteiger partial charge is 0.273 e. The van der Waals surface area contributed by atoms with Gasteiger partial charge in [0.25, 0.3) is 5.56 Å². The summed E-state index contributed by atoms with van der Waals surface area (Å²) < 4.78 is 1.81. The molecule has 0 aliphatic heterocycles. The molecule has 0 atom stereocenters. The van der Waals surface area contributed by atoms with Crippen LogP contribution in [-0.4, -0.2) is 19.6 Å². The molecule has 0 aliphatic rings. The fourth-order valence-electron chi connectivity index (χ4n) is 4.21. The lowest BCUT2D eigenvalue weighted by atomic mass is 9.97. The number of fused-ring (bicyclic) bond motifs is 1. The number of aryl methyl sites for hydroxylation is 1. The third-order valence-corrected chi connectivity index (χ3v) is 5.80. The number of aromatic nitrogens is 2. The van der Waals surface area contributed by atoms with Gasteiger partial charge in [-0.1, -0.05) is 54.6 Å². The summed E-state index contributed by atoms with van der Waals surface area (Å²) in [5.41, 5.74) is 5.28. The van der Waals surface area contributed by atoms with Crippen molar-refractivity contribution in [3.63, 3.8) is 0 Å². The monoisotopic (exact) mass is 445 g/mol. The van der Waals surface area contributed by atoms with Gasteiger partial charge in [0.1, 0.15) is 23.1 Å². The lowest BCUT2D eigenvalue weighted by Crippen LogP contribution is -2.13. The molecule has 2 heterocycles. The van der Waals surface area contributed by atoms with Crippen LogP contribution in [0.25, 0.3) is 39.2 Å². The molecule has 2 aromatic heterocycles. The molecule has 5 aromatic rings. The van der Waals surface area contributed by atoms with Crippen LogP contribution in [0.4, 0.5) is 0 Å². The molecule has 3 aromatic carbocycles. The summed E-state index contributed by atoms with van der Waals surface area (Å²) in [6.07, 6.45) is 0. The van der Waals surface area contributed by atoms with Gasteiger partial charge in [0.2, 0.25) is 0 Å². The molecule has 2 N–H and O–H groups in total. The number of benzene rings is 3. The molecule has 0 fully saturated rings. The Morgan fingerprint density at radius 3 is 2.21 bits per heavy atom. The predicted molar refractivity (Wildman–Crippen MR) is 131 cm³/mol. The quantitative estimate of drug-likeness (QED) is 0.368. The van der Waals surface area contributed by atoms with Crippen molar-refractivity contribution >= 4 is 5.65 Å². The molecule has 34 heavy (non-hydrogen) atoms. The number of nitriles is 1. The Morgan fingerprint density at radius 1 is 0.824 bits per heavy atom. The van der Waals surface area contributed by atoms with Crippen molar-refractivity contribution in [1.82, 2.24) is 9.38 Å². The van der Waals surface area contributed by atoms with Crippen molar-refractivity contribution in [2.75, 3.05) is 0 Å². The lowest BCUT2D eigenvalue weighted by Gasteiger charge is -2.17. The minimum absolute atomic E-state index is 0.0631. The highest BCUT2D eigenvalue weighted by atomic mass is 16.3. The van der Waals surface area contributed by atoms with Gasteiger partial charge in [-0.05, 0) is 47.9 Å². The van der Waals surface area contributed by atoms with E-state index in [-0.39, 0.29) is 11.5 Å². The highest BCUT2D eigenvalue weighted by Gasteiger charge is 2.17. The van der Waals surface area contributed by atoms with E-state index in [0.717, 1.165) is 22.4 Å². The van der Waals surface area contributed by atoms with Gasteiger partial charge in [0.05, 0.1) is 5.69 Å². The van der Waals surface area contributed by atoms with Gasteiger partial charge in [-0.3, -0.25) is 9.20 Å². The zero-order valence-corrected chi connectivity index (χ0v) is 18.2. The molecule has 164 valence electrons. The number of nitrogens with zero attached hydrogens (tertiary/aromatic N) is 3. The first-order valence-corrected chi connectivity index (χ1v) is 10.6. The summed E-state index contributed by atoms with van der Waals surface area (Å²) in [5, 5.41) is 30.0. The van der Waals surface area contributed by atoms with Gasteiger partial charge in [0.15, 0.2) is 5.65 Å². The third-order valence-electron chi connectivity index (χ3n) is 5.80. The normalized spacial score (nSPS) is 10.8. The topological polar surface area (TPSA) is 98.6 Å². The number of hydrogen-bond donors (Lipinski definition) is 2. The van der Waals surface area contributed by atoms with Crippen molar-refractivity contribution in [3.05, 3.63) is 107 Å². The molecule has 6 heteroatoms. The number of rotatable bonds is 3. The van der Waals surface area contributed by atoms with E-state index in [1.807, 2.05) is 72.0 Å². The van der Waals surface area contributed by atoms with Crippen LogP contribution in [-0.2, 0) is 0 Å². The summed E-state index contributed by atoms with van der Waals surface area (Å²) in [7, 11) is 0. The van der Waals surface area contributed by atoms with Gasteiger partial charge in [-0.15, -0.1) is 0 Å². The second-order valence-electron chi connectivity index (χ2n) is 7.97. The Labute approximate surface area is 195 Å². The maximum absolute atomic E-state index is 12.3. The van der Waals surface area contributed by atoms with Crippen molar-refractivity contribution in [2.45, 2.75) is 6.92 Å². The number of hydrogen-bond acceptors (Lipinski definition) is 5. The van der Waals surface area contributed by atoms with Crippen LogP contribution in [0.2, 0.25) is 0 Å². The van der Waals surface area contributed by atoms with E-state index in [9.17, 15) is 20.3 Å². The first-order chi connectivity index (χ1) is 16.5. The molecular weight excluding hydrogens is 426 g/mol. The Kier molecular flexibility index (Phi) is 5.08. The van der Waals surface area contributed by atoms with E-state index in [1.165, 1.54) is 24.3 Å². The van der Waals surface area contributed by atoms with E-state index in [2.05, 4.69) is 11.1 Å².